The summed E-state index contributed by atoms with van der Waals surface area (Å²) in [5, 5.41) is 0.813. The van der Waals surface area contributed by atoms with Crippen LogP contribution in [0.3, 0.4) is 0 Å². The van der Waals surface area contributed by atoms with Crippen LogP contribution in [0, 0.1) is 3.57 Å². The number of aromatic nitrogens is 2. The first-order chi connectivity index (χ1) is 12.6. The first kappa shape index (κ1) is 16.9. The highest BCUT2D eigenvalue weighted by atomic mass is 127. The van der Waals surface area contributed by atoms with E-state index in [0.29, 0.717) is 22.3 Å². The van der Waals surface area contributed by atoms with Gasteiger partial charge in [0, 0.05) is 20.1 Å². The molecule has 0 spiro atoms. The van der Waals surface area contributed by atoms with Crippen LogP contribution in [0.15, 0.2) is 60.9 Å². The summed E-state index contributed by atoms with van der Waals surface area (Å²) < 4.78 is 2.73. The van der Waals surface area contributed by atoms with E-state index in [2.05, 4.69) is 27.6 Å². The van der Waals surface area contributed by atoms with Gasteiger partial charge in [0.1, 0.15) is 6.33 Å². The Kier molecular flexibility index (Phi) is 4.29. The number of para-hydroxylation sites is 1. The normalized spacial score (nSPS) is 11.2. The maximum absolute atomic E-state index is 13.0. The molecule has 0 atom stereocenters. The molecule has 0 saturated carbocycles. The van der Waals surface area contributed by atoms with Gasteiger partial charge in [-0.2, -0.15) is 0 Å². The lowest BCUT2D eigenvalue weighted by Crippen LogP contribution is -2.13. The van der Waals surface area contributed by atoms with Crippen LogP contribution in [0.4, 0.5) is 0 Å². The molecule has 4 rings (SSSR count). The van der Waals surface area contributed by atoms with Gasteiger partial charge in [-0.15, -0.1) is 0 Å². The minimum Gasteiger partial charge on any atom is -0.324 e. The van der Waals surface area contributed by atoms with Gasteiger partial charge in [-0.25, -0.2) is 4.98 Å². The van der Waals surface area contributed by atoms with Crippen LogP contribution in [-0.2, 0) is 0 Å². The number of ketones is 2. The molecule has 6 heteroatoms. The van der Waals surface area contributed by atoms with Crippen LogP contribution < -0.4 is 5.73 Å². The molecular formula is C20H14IN3O2. The molecule has 0 aliphatic heterocycles. The molecule has 0 amide bonds. The van der Waals surface area contributed by atoms with Crippen LogP contribution in [0.2, 0.25) is 0 Å². The third kappa shape index (κ3) is 2.71. The number of benzene rings is 2. The number of rotatable bonds is 4. The molecule has 0 saturated heterocycles. The van der Waals surface area contributed by atoms with Gasteiger partial charge >= 0.3 is 0 Å². The Morgan fingerprint density at radius 2 is 1.81 bits per heavy atom. The fraction of sp³-hybridized carbons (Fsp3) is 0.0500. The quantitative estimate of drug-likeness (QED) is 0.378. The van der Waals surface area contributed by atoms with E-state index in [1.54, 1.807) is 28.9 Å². The monoisotopic (exact) mass is 455 g/mol. The summed E-state index contributed by atoms with van der Waals surface area (Å²) in [6, 6.07) is 16.5. The molecule has 0 aliphatic carbocycles. The number of hydrogen-bond donors (Lipinski definition) is 1. The number of halogens is 1. The SMILES string of the molecule is NCC(=O)c1cc(C(=O)c2ccc(I)cc2)n2cnc3ccccc3c12. The molecular weight excluding hydrogens is 441 g/mol. The van der Waals surface area contributed by atoms with Crippen LogP contribution in [-0.4, -0.2) is 27.5 Å². The van der Waals surface area contributed by atoms with E-state index >= 15 is 0 Å². The van der Waals surface area contributed by atoms with E-state index in [0.717, 1.165) is 14.5 Å². The van der Waals surface area contributed by atoms with E-state index in [9.17, 15) is 9.59 Å². The van der Waals surface area contributed by atoms with Crippen molar-refractivity contribution < 1.29 is 9.59 Å². The lowest BCUT2D eigenvalue weighted by atomic mass is 10.1. The van der Waals surface area contributed by atoms with Crippen molar-refractivity contribution in [3.8, 4) is 0 Å². The van der Waals surface area contributed by atoms with Crippen LogP contribution in [0.1, 0.15) is 26.4 Å². The summed E-state index contributed by atoms with van der Waals surface area (Å²) in [7, 11) is 0. The number of carbonyl (C=O) groups excluding carboxylic acids is 2. The van der Waals surface area contributed by atoms with E-state index < -0.39 is 0 Å². The lowest BCUT2D eigenvalue weighted by Gasteiger charge is -2.05. The molecule has 2 heterocycles. The van der Waals surface area contributed by atoms with Crippen molar-refractivity contribution in [2.24, 2.45) is 5.73 Å². The Hall–Kier alpha value is -2.58. The third-order valence-electron chi connectivity index (χ3n) is 4.33. The Labute approximate surface area is 163 Å². The van der Waals surface area contributed by atoms with Gasteiger partial charge in [0.25, 0.3) is 0 Å². The largest absolute Gasteiger partial charge is 0.324 e. The summed E-state index contributed by atoms with van der Waals surface area (Å²) in [5.41, 5.74) is 8.42. The Morgan fingerprint density at radius 1 is 1.08 bits per heavy atom. The van der Waals surface area contributed by atoms with E-state index in [-0.39, 0.29) is 18.1 Å². The predicted molar refractivity (Wildman–Crippen MR) is 109 cm³/mol. The molecule has 0 bridgehead atoms. The first-order valence-corrected chi connectivity index (χ1v) is 9.10. The van der Waals surface area contributed by atoms with E-state index in [1.165, 1.54) is 0 Å². The van der Waals surface area contributed by atoms with Gasteiger partial charge in [-0.05, 0) is 59.0 Å². The summed E-state index contributed by atoms with van der Waals surface area (Å²) >= 11 is 2.19. The number of carbonyl (C=O) groups is 2. The Bertz CT molecular complexity index is 1160. The topological polar surface area (TPSA) is 77.5 Å². The number of fused-ring (bicyclic) bond motifs is 3. The standard InChI is InChI=1S/C20H14IN3O2/c21-13-7-5-12(6-8-13)20(26)17-9-15(18(25)10-22)19-14-3-1-2-4-16(14)23-11-24(17)19/h1-9,11H,10,22H2. The second-order valence-corrected chi connectivity index (χ2v) is 7.13. The van der Waals surface area contributed by atoms with Crippen molar-refractivity contribution in [2.75, 3.05) is 6.54 Å². The van der Waals surface area contributed by atoms with Crippen molar-refractivity contribution in [1.82, 2.24) is 9.38 Å². The van der Waals surface area contributed by atoms with Crippen molar-refractivity contribution in [1.29, 1.82) is 0 Å². The van der Waals surface area contributed by atoms with Gasteiger partial charge in [0.2, 0.25) is 5.78 Å². The molecule has 2 aromatic heterocycles. The molecule has 0 aliphatic rings. The van der Waals surface area contributed by atoms with Crippen molar-refractivity contribution in [3.05, 3.63) is 81.3 Å². The average Bonchev–Trinajstić information content (AvgIpc) is 3.07. The van der Waals surface area contributed by atoms with Crippen molar-refractivity contribution >= 4 is 50.6 Å². The zero-order chi connectivity index (χ0) is 18.3. The molecule has 2 aromatic carbocycles. The number of nitrogens with zero attached hydrogens (tertiary/aromatic N) is 2. The highest BCUT2D eigenvalue weighted by molar-refractivity contribution is 14.1. The highest BCUT2D eigenvalue weighted by Gasteiger charge is 2.21. The molecule has 128 valence electrons. The summed E-state index contributed by atoms with van der Waals surface area (Å²) in [6.45, 7) is -0.118. The molecule has 5 nitrogen and oxygen atoms in total. The third-order valence-corrected chi connectivity index (χ3v) is 5.05. The van der Waals surface area contributed by atoms with Crippen molar-refractivity contribution in [3.63, 3.8) is 0 Å². The minimum absolute atomic E-state index is 0.118. The van der Waals surface area contributed by atoms with Crippen LogP contribution >= 0.6 is 22.6 Å². The molecule has 2 N–H and O–H groups in total. The van der Waals surface area contributed by atoms with E-state index in [4.69, 9.17) is 5.73 Å². The maximum Gasteiger partial charge on any atom is 0.209 e. The highest BCUT2D eigenvalue weighted by Crippen LogP contribution is 2.26. The number of Topliss-reactive ketones (excluding diaryl/α,β-unsaturated/α-hetero) is 1. The zero-order valence-corrected chi connectivity index (χ0v) is 15.8. The Morgan fingerprint density at radius 3 is 2.54 bits per heavy atom. The first-order valence-electron chi connectivity index (χ1n) is 8.02. The molecule has 26 heavy (non-hydrogen) atoms. The number of nitrogens with two attached hydrogens (primary N) is 1. The predicted octanol–water partition coefficient (Wildman–Crippen LogP) is 3.46. The molecule has 0 radical (unpaired) electrons. The van der Waals surface area contributed by atoms with Gasteiger partial charge in [0.05, 0.1) is 23.3 Å². The second-order valence-electron chi connectivity index (χ2n) is 5.89. The van der Waals surface area contributed by atoms with Gasteiger partial charge in [-0.3, -0.25) is 14.0 Å². The van der Waals surface area contributed by atoms with Gasteiger partial charge < -0.3 is 5.73 Å². The lowest BCUT2D eigenvalue weighted by molar-refractivity contribution is 0.100. The van der Waals surface area contributed by atoms with Gasteiger partial charge in [0.15, 0.2) is 5.78 Å². The number of hydrogen-bond acceptors (Lipinski definition) is 4. The smallest absolute Gasteiger partial charge is 0.209 e. The fourth-order valence-corrected chi connectivity index (χ4v) is 3.43. The average molecular weight is 455 g/mol. The van der Waals surface area contributed by atoms with Crippen LogP contribution in [0.25, 0.3) is 16.4 Å². The van der Waals surface area contributed by atoms with E-state index in [1.807, 2.05) is 36.4 Å². The summed E-state index contributed by atoms with van der Waals surface area (Å²) in [5.74, 6) is -0.370. The van der Waals surface area contributed by atoms with Crippen LogP contribution in [0.5, 0.6) is 0 Å². The molecule has 0 fully saturated rings. The molecule has 0 unspecified atom stereocenters. The van der Waals surface area contributed by atoms with Crippen molar-refractivity contribution in [2.45, 2.75) is 0 Å². The minimum atomic E-state index is -0.208. The second kappa shape index (κ2) is 6.62. The molecule has 4 aromatic rings. The maximum atomic E-state index is 13.0. The summed E-state index contributed by atoms with van der Waals surface area (Å²) in [6.07, 6.45) is 1.59. The fourth-order valence-electron chi connectivity index (χ4n) is 3.07. The van der Waals surface area contributed by atoms with Gasteiger partial charge in [-0.1, -0.05) is 18.2 Å². The zero-order valence-electron chi connectivity index (χ0n) is 13.6. The summed E-state index contributed by atoms with van der Waals surface area (Å²) in [4.78, 5) is 29.9. The Balaban J connectivity index is 2.01.